The predicted molar refractivity (Wildman–Crippen MR) is 149 cm³/mol. The summed E-state index contributed by atoms with van der Waals surface area (Å²) in [6, 6.07) is 0. The van der Waals surface area contributed by atoms with Crippen LogP contribution in [0.15, 0.2) is 11.6 Å². The van der Waals surface area contributed by atoms with E-state index in [0.29, 0.717) is 24.9 Å². The Morgan fingerprint density at radius 1 is 1.07 bits per heavy atom. The lowest BCUT2D eigenvalue weighted by Gasteiger charge is -2.63. The van der Waals surface area contributed by atoms with Crippen molar-refractivity contribution >= 4 is 18.1 Å². The van der Waals surface area contributed by atoms with Crippen LogP contribution in [0.3, 0.4) is 0 Å². The van der Waals surface area contributed by atoms with Crippen molar-refractivity contribution in [2.24, 2.45) is 34.5 Å². The van der Waals surface area contributed by atoms with E-state index in [1.54, 1.807) is 6.08 Å². The van der Waals surface area contributed by atoms with E-state index < -0.39 is 23.3 Å². The van der Waals surface area contributed by atoms with Gasteiger partial charge in [0.2, 0.25) is 0 Å². The number of hydrogen-bond donors (Lipinski definition) is 1. The quantitative estimate of drug-likeness (QED) is 0.365. The number of hydrogen-bond acceptors (Lipinski definition) is 9. The van der Waals surface area contributed by atoms with Crippen LogP contribution in [0.4, 0.5) is 4.79 Å². The van der Waals surface area contributed by atoms with Gasteiger partial charge in [-0.15, -0.1) is 0 Å². The topological polar surface area (TPSA) is 112 Å². The highest BCUT2D eigenvalue weighted by Crippen LogP contribution is 2.70. The van der Waals surface area contributed by atoms with E-state index in [1.807, 2.05) is 0 Å². The van der Waals surface area contributed by atoms with Crippen molar-refractivity contribution in [3.63, 3.8) is 0 Å². The van der Waals surface area contributed by atoms with Gasteiger partial charge in [-0.1, -0.05) is 13.8 Å². The fourth-order valence-electron chi connectivity index (χ4n) is 10.3. The Morgan fingerprint density at radius 2 is 1.85 bits per heavy atom. The van der Waals surface area contributed by atoms with Crippen LogP contribution in [-0.4, -0.2) is 78.8 Å². The van der Waals surface area contributed by atoms with Crippen LogP contribution in [0.2, 0.25) is 0 Å². The molecule has 1 N–H and O–H groups in total. The Bertz CT molecular complexity index is 1090. The minimum atomic E-state index is -1.01. The molecule has 6 aliphatic rings. The van der Waals surface area contributed by atoms with E-state index in [2.05, 4.69) is 18.7 Å². The summed E-state index contributed by atoms with van der Waals surface area (Å²) in [6.45, 7) is 9.43. The second-order valence-corrected chi connectivity index (χ2v) is 14.2. The van der Waals surface area contributed by atoms with E-state index >= 15 is 0 Å². The van der Waals surface area contributed by atoms with Crippen LogP contribution in [0, 0.1) is 34.5 Å². The van der Waals surface area contributed by atoms with Crippen molar-refractivity contribution in [2.75, 3.05) is 32.8 Å². The molecule has 9 heteroatoms. The molecule has 0 spiro atoms. The number of nitrogens with zero attached hydrogens (tertiary/aromatic N) is 1. The number of likely N-dealkylation sites (tertiary alicyclic amines) is 1. The Morgan fingerprint density at radius 3 is 2.56 bits per heavy atom. The zero-order valence-electron chi connectivity index (χ0n) is 24.9. The minimum absolute atomic E-state index is 0.0419. The number of esters is 2. The minimum Gasteiger partial charge on any atom is -0.462 e. The molecule has 0 aromatic heterocycles. The third-order valence-corrected chi connectivity index (χ3v) is 12.3. The molecule has 0 aromatic rings. The summed E-state index contributed by atoms with van der Waals surface area (Å²) < 4.78 is 22.3. The number of carbonyl (C=O) groups is 3. The van der Waals surface area contributed by atoms with Crippen LogP contribution in [0.1, 0.15) is 85.0 Å². The van der Waals surface area contributed by atoms with Gasteiger partial charge in [-0.05, 0) is 99.6 Å². The molecule has 0 bridgehead atoms. The Hall–Kier alpha value is -2.13. The van der Waals surface area contributed by atoms with Gasteiger partial charge in [0, 0.05) is 37.3 Å². The van der Waals surface area contributed by atoms with E-state index in [-0.39, 0.29) is 41.9 Å². The van der Waals surface area contributed by atoms with Crippen LogP contribution in [-0.2, 0) is 28.5 Å². The fraction of sp³-hybridized carbons (Fsp3) is 0.844. The summed E-state index contributed by atoms with van der Waals surface area (Å²) >= 11 is 0. The molecule has 0 amide bonds. The van der Waals surface area contributed by atoms with Gasteiger partial charge >= 0.3 is 18.1 Å². The number of rotatable bonds is 6. The molecular formula is C32H47NO8. The SMILES string of the molecule is CC(=O)OC1CC2(O)C3CCC4CC(OC(=O)OCCN5CCCC5)CCC4(C)C3CCC2(C)C1C1=CC(=O)OC1. The first kappa shape index (κ1) is 29.0. The molecule has 5 fully saturated rings. The van der Waals surface area contributed by atoms with Crippen LogP contribution in [0.5, 0.6) is 0 Å². The van der Waals surface area contributed by atoms with Crippen LogP contribution >= 0.6 is 0 Å². The normalized spacial score (nSPS) is 43.8. The van der Waals surface area contributed by atoms with Gasteiger partial charge < -0.3 is 24.1 Å². The number of fused-ring (bicyclic) bond motifs is 5. The highest BCUT2D eigenvalue weighted by molar-refractivity contribution is 5.85. The molecule has 4 aliphatic carbocycles. The molecule has 4 saturated carbocycles. The summed E-state index contributed by atoms with van der Waals surface area (Å²) in [6.07, 6.45) is 9.41. The lowest BCUT2D eigenvalue weighted by Crippen LogP contribution is -2.62. The fourth-order valence-corrected chi connectivity index (χ4v) is 10.3. The molecule has 9 unspecified atom stereocenters. The summed E-state index contributed by atoms with van der Waals surface area (Å²) in [5, 5.41) is 12.6. The molecule has 6 rings (SSSR count). The van der Waals surface area contributed by atoms with Crippen molar-refractivity contribution in [1.29, 1.82) is 0 Å². The molecule has 228 valence electrons. The highest BCUT2D eigenvalue weighted by Gasteiger charge is 2.71. The monoisotopic (exact) mass is 573 g/mol. The Kier molecular flexibility index (Phi) is 7.67. The molecule has 0 aromatic carbocycles. The zero-order valence-corrected chi connectivity index (χ0v) is 24.9. The van der Waals surface area contributed by atoms with E-state index in [1.165, 1.54) is 19.8 Å². The smallest absolute Gasteiger partial charge is 0.462 e. The molecule has 41 heavy (non-hydrogen) atoms. The van der Waals surface area contributed by atoms with E-state index in [0.717, 1.165) is 70.2 Å². The first-order valence-corrected chi connectivity index (χ1v) is 15.9. The van der Waals surface area contributed by atoms with Gasteiger partial charge in [0.1, 0.15) is 25.4 Å². The van der Waals surface area contributed by atoms with E-state index in [4.69, 9.17) is 18.9 Å². The number of cyclic esters (lactones) is 1. The summed E-state index contributed by atoms with van der Waals surface area (Å²) in [5.41, 5.74) is -0.646. The average Bonchev–Trinajstić information content (AvgIpc) is 3.62. The first-order chi connectivity index (χ1) is 19.5. The average molecular weight is 574 g/mol. The molecule has 0 radical (unpaired) electrons. The van der Waals surface area contributed by atoms with Gasteiger partial charge in [-0.25, -0.2) is 9.59 Å². The first-order valence-electron chi connectivity index (χ1n) is 15.9. The van der Waals surface area contributed by atoms with Crippen LogP contribution < -0.4 is 0 Å². The Labute approximate surface area is 243 Å². The van der Waals surface area contributed by atoms with Gasteiger partial charge in [-0.3, -0.25) is 9.69 Å². The van der Waals surface area contributed by atoms with Crippen molar-refractivity contribution in [3.05, 3.63) is 11.6 Å². The third kappa shape index (κ3) is 4.98. The summed E-state index contributed by atoms with van der Waals surface area (Å²) in [7, 11) is 0. The zero-order chi connectivity index (χ0) is 29.0. The lowest BCUT2D eigenvalue weighted by molar-refractivity contribution is -0.208. The van der Waals surface area contributed by atoms with Crippen molar-refractivity contribution in [1.82, 2.24) is 4.90 Å². The molecule has 2 aliphatic heterocycles. The number of carbonyl (C=O) groups excluding carboxylic acids is 3. The highest BCUT2D eigenvalue weighted by atomic mass is 16.7. The van der Waals surface area contributed by atoms with Crippen molar-refractivity contribution < 1.29 is 38.4 Å². The standard InChI is InChI=1S/C32H47NO8/c1-20(34)40-26-18-32(37)25-7-6-22-17-23(41-29(36)38-15-14-33-12-4-5-13-33)8-10-30(22,2)24(25)9-11-31(32,3)28(26)21-16-27(35)39-19-21/h16,22-26,28,37H,4-15,17-19H2,1-3H3. The summed E-state index contributed by atoms with van der Waals surface area (Å²) in [4.78, 5) is 38.9. The second kappa shape index (κ2) is 10.9. The molecule has 9 nitrogen and oxygen atoms in total. The predicted octanol–water partition coefficient (Wildman–Crippen LogP) is 4.40. The Balaban J connectivity index is 1.13. The maximum absolute atomic E-state index is 12.6. The maximum atomic E-state index is 12.6. The van der Waals surface area contributed by atoms with Gasteiger partial charge in [-0.2, -0.15) is 0 Å². The maximum Gasteiger partial charge on any atom is 0.508 e. The van der Waals surface area contributed by atoms with Gasteiger partial charge in [0.25, 0.3) is 0 Å². The second-order valence-electron chi connectivity index (χ2n) is 14.2. The van der Waals surface area contributed by atoms with Crippen LogP contribution in [0.25, 0.3) is 0 Å². The van der Waals surface area contributed by atoms with Gasteiger partial charge in [0.05, 0.1) is 5.60 Å². The molecular weight excluding hydrogens is 526 g/mol. The van der Waals surface area contributed by atoms with E-state index in [9.17, 15) is 19.5 Å². The van der Waals surface area contributed by atoms with Crippen molar-refractivity contribution in [3.8, 4) is 0 Å². The third-order valence-electron chi connectivity index (χ3n) is 12.3. The number of ether oxygens (including phenoxy) is 4. The molecule has 2 heterocycles. The lowest BCUT2D eigenvalue weighted by atomic mass is 9.43. The molecule has 1 saturated heterocycles. The number of aliphatic hydroxyl groups is 1. The van der Waals surface area contributed by atoms with Gasteiger partial charge in [0.15, 0.2) is 0 Å². The van der Waals surface area contributed by atoms with Crippen molar-refractivity contribution in [2.45, 2.75) is 103 Å². The molecule has 9 atom stereocenters. The summed E-state index contributed by atoms with van der Waals surface area (Å²) in [5.74, 6) is -0.140. The largest absolute Gasteiger partial charge is 0.508 e.